The van der Waals surface area contributed by atoms with Gasteiger partial charge >= 0.3 is 0 Å². The van der Waals surface area contributed by atoms with E-state index in [4.69, 9.17) is 9.97 Å². The predicted molar refractivity (Wildman–Crippen MR) is 118 cm³/mol. The van der Waals surface area contributed by atoms with Crippen LogP contribution in [0, 0.1) is 13.8 Å². The van der Waals surface area contributed by atoms with Crippen LogP contribution in [0.15, 0.2) is 54.6 Å². The Morgan fingerprint density at radius 3 is 2.21 bits per heavy atom. The highest BCUT2D eigenvalue weighted by Crippen LogP contribution is 2.26. The summed E-state index contributed by atoms with van der Waals surface area (Å²) in [4.78, 5) is 11.7. The minimum Gasteiger partial charge on any atom is -0.370 e. The van der Waals surface area contributed by atoms with Gasteiger partial charge in [-0.2, -0.15) is 0 Å². The van der Waals surface area contributed by atoms with E-state index in [9.17, 15) is 0 Å². The van der Waals surface area contributed by atoms with E-state index in [1.54, 1.807) is 0 Å². The average Bonchev–Trinajstić information content (AvgIpc) is 2.69. The van der Waals surface area contributed by atoms with Gasteiger partial charge in [0.05, 0.1) is 0 Å². The van der Waals surface area contributed by atoms with E-state index >= 15 is 0 Å². The van der Waals surface area contributed by atoms with Crippen LogP contribution >= 0.6 is 0 Å². The lowest BCUT2D eigenvalue weighted by molar-refractivity contribution is 0.405. The molecule has 0 saturated carbocycles. The molecule has 0 amide bonds. The summed E-state index contributed by atoms with van der Waals surface area (Å²) in [6.45, 7) is 6.12. The van der Waals surface area contributed by atoms with E-state index in [0.717, 1.165) is 42.4 Å². The standard InChI is InChI=1S/C23H29N5/c1-17-10-8-11-18(2)22(17)25-21-16-20(24-14-9-15-28(3)4)26-23(27-21)19-12-6-5-7-13-19/h5-8,10-13,16H,9,14-15H2,1-4H3,(H2,24,25,26,27). The number of nitrogens with zero attached hydrogens (tertiary/aromatic N) is 3. The summed E-state index contributed by atoms with van der Waals surface area (Å²) in [5, 5.41) is 6.95. The second kappa shape index (κ2) is 9.33. The molecule has 0 unspecified atom stereocenters. The Morgan fingerprint density at radius 2 is 1.54 bits per heavy atom. The molecule has 0 aliphatic carbocycles. The molecule has 1 aromatic heterocycles. The summed E-state index contributed by atoms with van der Waals surface area (Å²) < 4.78 is 0. The summed E-state index contributed by atoms with van der Waals surface area (Å²) in [7, 11) is 4.18. The molecule has 0 bridgehead atoms. The fourth-order valence-electron chi connectivity index (χ4n) is 3.07. The van der Waals surface area contributed by atoms with E-state index in [1.807, 2.05) is 36.4 Å². The Bertz CT molecular complexity index is 886. The molecule has 0 atom stereocenters. The number of benzene rings is 2. The van der Waals surface area contributed by atoms with Crippen LogP contribution in [0.25, 0.3) is 11.4 Å². The smallest absolute Gasteiger partial charge is 0.163 e. The molecule has 1 heterocycles. The van der Waals surface area contributed by atoms with E-state index in [1.165, 1.54) is 11.1 Å². The number of aryl methyl sites for hydroxylation is 2. The number of rotatable bonds is 8. The minimum atomic E-state index is 0.715. The van der Waals surface area contributed by atoms with Gasteiger partial charge in [-0.25, -0.2) is 9.97 Å². The molecule has 28 heavy (non-hydrogen) atoms. The monoisotopic (exact) mass is 375 g/mol. The highest BCUT2D eigenvalue weighted by molar-refractivity contribution is 5.68. The van der Waals surface area contributed by atoms with Crippen molar-refractivity contribution in [3.8, 4) is 11.4 Å². The molecule has 0 fully saturated rings. The Morgan fingerprint density at radius 1 is 0.857 bits per heavy atom. The Kier molecular flexibility index (Phi) is 6.61. The van der Waals surface area contributed by atoms with Crippen molar-refractivity contribution < 1.29 is 0 Å². The van der Waals surface area contributed by atoms with Gasteiger partial charge in [0, 0.05) is 23.9 Å². The quantitative estimate of drug-likeness (QED) is 0.550. The van der Waals surface area contributed by atoms with Crippen molar-refractivity contribution in [2.45, 2.75) is 20.3 Å². The summed E-state index contributed by atoms with van der Waals surface area (Å²) in [5.41, 5.74) is 4.49. The van der Waals surface area contributed by atoms with Crippen molar-refractivity contribution in [2.75, 3.05) is 37.8 Å². The van der Waals surface area contributed by atoms with Crippen LogP contribution in [-0.4, -0.2) is 42.1 Å². The normalized spacial score (nSPS) is 10.9. The van der Waals surface area contributed by atoms with Gasteiger partial charge in [-0.3, -0.25) is 0 Å². The van der Waals surface area contributed by atoms with Crippen LogP contribution in [0.5, 0.6) is 0 Å². The SMILES string of the molecule is Cc1cccc(C)c1Nc1cc(NCCCN(C)C)nc(-c2ccccc2)n1. The minimum absolute atomic E-state index is 0.715. The second-order valence-corrected chi connectivity index (χ2v) is 7.30. The van der Waals surface area contributed by atoms with Crippen molar-refractivity contribution in [1.29, 1.82) is 0 Å². The molecule has 0 radical (unpaired) electrons. The van der Waals surface area contributed by atoms with E-state index in [-0.39, 0.29) is 0 Å². The zero-order chi connectivity index (χ0) is 19.9. The van der Waals surface area contributed by atoms with Crippen LogP contribution in [0.3, 0.4) is 0 Å². The van der Waals surface area contributed by atoms with Crippen molar-refractivity contribution in [3.63, 3.8) is 0 Å². The van der Waals surface area contributed by atoms with Crippen molar-refractivity contribution in [2.24, 2.45) is 0 Å². The van der Waals surface area contributed by atoms with Gasteiger partial charge in [0.25, 0.3) is 0 Å². The highest BCUT2D eigenvalue weighted by atomic mass is 15.1. The first kappa shape index (κ1) is 19.8. The maximum atomic E-state index is 4.77. The Balaban J connectivity index is 1.89. The van der Waals surface area contributed by atoms with Gasteiger partial charge in [0.15, 0.2) is 5.82 Å². The topological polar surface area (TPSA) is 53.1 Å². The fourth-order valence-corrected chi connectivity index (χ4v) is 3.07. The predicted octanol–water partition coefficient (Wildman–Crippen LogP) is 4.87. The summed E-state index contributed by atoms with van der Waals surface area (Å²) in [6, 6.07) is 18.4. The third kappa shape index (κ3) is 5.30. The number of hydrogen-bond donors (Lipinski definition) is 2. The first-order chi connectivity index (χ1) is 13.5. The summed E-state index contributed by atoms with van der Waals surface area (Å²) >= 11 is 0. The molecular weight excluding hydrogens is 346 g/mol. The van der Waals surface area contributed by atoms with Gasteiger partial charge < -0.3 is 15.5 Å². The summed E-state index contributed by atoms with van der Waals surface area (Å²) in [5.74, 6) is 2.34. The fraction of sp³-hybridized carbons (Fsp3) is 0.304. The third-order valence-corrected chi connectivity index (χ3v) is 4.58. The Labute approximate surface area is 167 Å². The zero-order valence-electron chi connectivity index (χ0n) is 17.2. The first-order valence-electron chi connectivity index (χ1n) is 9.69. The van der Waals surface area contributed by atoms with Gasteiger partial charge in [-0.1, -0.05) is 48.5 Å². The maximum absolute atomic E-state index is 4.77. The van der Waals surface area contributed by atoms with E-state index in [0.29, 0.717) is 5.82 Å². The first-order valence-corrected chi connectivity index (χ1v) is 9.69. The van der Waals surface area contributed by atoms with Gasteiger partial charge in [-0.05, 0) is 52.0 Å². The average molecular weight is 376 g/mol. The van der Waals surface area contributed by atoms with Crippen LogP contribution in [0.2, 0.25) is 0 Å². The molecule has 5 nitrogen and oxygen atoms in total. The number of hydrogen-bond acceptors (Lipinski definition) is 5. The van der Waals surface area contributed by atoms with Gasteiger partial charge in [0.2, 0.25) is 0 Å². The number of nitrogens with one attached hydrogen (secondary N) is 2. The Hall–Kier alpha value is -2.92. The maximum Gasteiger partial charge on any atom is 0.163 e. The molecule has 0 spiro atoms. The molecule has 0 aliphatic heterocycles. The highest BCUT2D eigenvalue weighted by Gasteiger charge is 2.09. The van der Waals surface area contributed by atoms with Crippen LogP contribution < -0.4 is 10.6 Å². The molecule has 146 valence electrons. The largest absolute Gasteiger partial charge is 0.370 e. The van der Waals surface area contributed by atoms with E-state index < -0.39 is 0 Å². The van der Waals surface area contributed by atoms with Crippen LogP contribution in [-0.2, 0) is 0 Å². The number of para-hydroxylation sites is 1. The van der Waals surface area contributed by atoms with Crippen molar-refractivity contribution in [3.05, 3.63) is 65.7 Å². The lowest BCUT2D eigenvalue weighted by Gasteiger charge is -2.15. The molecule has 2 N–H and O–H groups in total. The van der Waals surface area contributed by atoms with Gasteiger partial charge in [-0.15, -0.1) is 0 Å². The third-order valence-electron chi connectivity index (χ3n) is 4.58. The second-order valence-electron chi connectivity index (χ2n) is 7.30. The van der Waals surface area contributed by atoms with Crippen molar-refractivity contribution in [1.82, 2.24) is 14.9 Å². The van der Waals surface area contributed by atoms with E-state index in [2.05, 4.69) is 61.7 Å². The van der Waals surface area contributed by atoms with Gasteiger partial charge in [0.1, 0.15) is 11.6 Å². The number of aromatic nitrogens is 2. The molecule has 3 rings (SSSR count). The van der Waals surface area contributed by atoms with Crippen molar-refractivity contribution >= 4 is 17.3 Å². The zero-order valence-corrected chi connectivity index (χ0v) is 17.2. The summed E-state index contributed by atoms with van der Waals surface area (Å²) in [6.07, 6.45) is 1.05. The van der Waals surface area contributed by atoms with Crippen LogP contribution in [0.4, 0.5) is 17.3 Å². The number of anilines is 3. The molecule has 2 aromatic carbocycles. The molecule has 3 aromatic rings. The lowest BCUT2D eigenvalue weighted by Crippen LogP contribution is -2.16. The van der Waals surface area contributed by atoms with Crippen LogP contribution in [0.1, 0.15) is 17.5 Å². The molecule has 0 aliphatic rings. The molecule has 0 saturated heterocycles. The molecule has 5 heteroatoms. The molecular formula is C23H29N5. The lowest BCUT2D eigenvalue weighted by atomic mass is 10.1.